The van der Waals surface area contributed by atoms with Gasteiger partial charge in [-0.05, 0) is 24.3 Å². The van der Waals surface area contributed by atoms with Gasteiger partial charge >= 0.3 is 0 Å². The number of fused-ring (bicyclic) bond motifs is 1. The molecule has 2 aromatic rings. The van der Waals surface area contributed by atoms with Crippen molar-refractivity contribution in [1.29, 1.82) is 0 Å². The fourth-order valence-corrected chi connectivity index (χ4v) is 3.88. The van der Waals surface area contributed by atoms with Gasteiger partial charge in [0.05, 0.1) is 13.7 Å². The van der Waals surface area contributed by atoms with Crippen LogP contribution in [0.25, 0.3) is 0 Å². The molecule has 1 fully saturated rings. The minimum absolute atomic E-state index is 0.0796. The van der Waals surface area contributed by atoms with Crippen molar-refractivity contribution in [2.45, 2.75) is 12.5 Å². The number of carbonyl (C=O) groups excluding carboxylic acids is 1. The van der Waals surface area contributed by atoms with Crippen molar-refractivity contribution in [2.24, 2.45) is 0 Å². The first kappa shape index (κ1) is 16.9. The van der Waals surface area contributed by atoms with Crippen molar-refractivity contribution in [1.82, 2.24) is 9.80 Å². The average Bonchev–Trinajstić information content (AvgIpc) is 2.73. The number of hydrogen-bond donors (Lipinski definition) is 0. The maximum absolute atomic E-state index is 12.8. The molecule has 0 N–H and O–H groups in total. The van der Waals surface area contributed by atoms with Gasteiger partial charge in [0, 0.05) is 49.8 Å². The number of nitrogens with zero attached hydrogens (tertiary/aromatic N) is 2. The second-order valence-electron chi connectivity index (χ2n) is 6.75. The number of amides is 1. The molecule has 1 atom stereocenters. The molecule has 0 saturated carbocycles. The summed E-state index contributed by atoms with van der Waals surface area (Å²) in [5.74, 6) is 1.79. The van der Waals surface area contributed by atoms with Gasteiger partial charge in [0.15, 0.2) is 0 Å². The number of ether oxygens (including phenoxy) is 2. The van der Waals surface area contributed by atoms with E-state index in [9.17, 15) is 4.79 Å². The molecule has 1 amide bonds. The Hall–Kier alpha value is -2.53. The summed E-state index contributed by atoms with van der Waals surface area (Å²) >= 11 is 0. The molecule has 136 valence electrons. The highest BCUT2D eigenvalue weighted by Crippen LogP contribution is 2.36. The summed E-state index contributed by atoms with van der Waals surface area (Å²) in [5, 5.41) is 0. The quantitative estimate of drug-likeness (QED) is 0.852. The Balaban J connectivity index is 1.42. The minimum Gasteiger partial charge on any atom is -0.497 e. The van der Waals surface area contributed by atoms with E-state index in [4.69, 9.17) is 9.47 Å². The van der Waals surface area contributed by atoms with E-state index in [1.54, 1.807) is 7.11 Å². The molecule has 5 nitrogen and oxygen atoms in total. The van der Waals surface area contributed by atoms with Gasteiger partial charge in [-0.15, -0.1) is 0 Å². The zero-order chi connectivity index (χ0) is 17.9. The second kappa shape index (κ2) is 7.38. The van der Waals surface area contributed by atoms with Crippen LogP contribution in [0.3, 0.4) is 0 Å². The fourth-order valence-electron chi connectivity index (χ4n) is 3.88. The Kier molecular flexibility index (Phi) is 4.80. The summed E-state index contributed by atoms with van der Waals surface area (Å²) in [6.07, 6.45) is 1.00. The van der Waals surface area contributed by atoms with E-state index in [1.807, 2.05) is 41.3 Å². The summed E-state index contributed by atoms with van der Waals surface area (Å²) in [5.41, 5.74) is 1.96. The summed E-state index contributed by atoms with van der Waals surface area (Å²) in [6.45, 7) is 4.01. The van der Waals surface area contributed by atoms with Gasteiger partial charge in [-0.1, -0.05) is 24.3 Å². The third-order valence-electron chi connectivity index (χ3n) is 5.29. The van der Waals surface area contributed by atoms with E-state index >= 15 is 0 Å². The highest BCUT2D eigenvalue weighted by atomic mass is 16.5. The van der Waals surface area contributed by atoms with Crippen molar-refractivity contribution >= 4 is 5.91 Å². The summed E-state index contributed by atoms with van der Waals surface area (Å²) in [7, 11) is 1.62. The predicted molar refractivity (Wildman–Crippen MR) is 99.8 cm³/mol. The number of hydrogen-bond acceptors (Lipinski definition) is 4. The van der Waals surface area contributed by atoms with Crippen LogP contribution < -0.4 is 9.47 Å². The van der Waals surface area contributed by atoms with Gasteiger partial charge in [-0.3, -0.25) is 9.69 Å². The fraction of sp³-hybridized carbons (Fsp3) is 0.381. The van der Waals surface area contributed by atoms with E-state index in [2.05, 4.69) is 17.0 Å². The maximum atomic E-state index is 12.8. The first-order valence-electron chi connectivity index (χ1n) is 9.15. The monoisotopic (exact) mass is 352 g/mol. The molecular weight excluding hydrogens is 328 g/mol. The second-order valence-corrected chi connectivity index (χ2v) is 6.75. The predicted octanol–water partition coefficient (Wildman–Crippen LogP) is 2.98. The van der Waals surface area contributed by atoms with Gasteiger partial charge in [0.1, 0.15) is 11.5 Å². The Bertz CT molecular complexity index is 784. The molecule has 1 saturated heterocycles. The lowest BCUT2D eigenvalue weighted by Crippen LogP contribution is -2.50. The van der Waals surface area contributed by atoms with Crippen LogP contribution in [0.15, 0.2) is 48.5 Å². The van der Waals surface area contributed by atoms with E-state index in [-0.39, 0.29) is 5.91 Å². The van der Waals surface area contributed by atoms with E-state index in [0.29, 0.717) is 17.4 Å². The van der Waals surface area contributed by atoms with Crippen molar-refractivity contribution in [3.63, 3.8) is 0 Å². The summed E-state index contributed by atoms with van der Waals surface area (Å²) < 4.78 is 11.0. The molecule has 2 aliphatic heterocycles. The van der Waals surface area contributed by atoms with E-state index in [1.165, 1.54) is 5.56 Å². The van der Waals surface area contributed by atoms with Gasteiger partial charge in [0.2, 0.25) is 0 Å². The van der Waals surface area contributed by atoms with Gasteiger partial charge in [-0.2, -0.15) is 0 Å². The molecule has 4 rings (SSSR count). The van der Waals surface area contributed by atoms with Crippen LogP contribution in [0.1, 0.15) is 28.4 Å². The number of carbonyl (C=O) groups is 1. The average molecular weight is 352 g/mol. The topological polar surface area (TPSA) is 42.0 Å². The van der Waals surface area contributed by atoms with E-state index in [0.717, 1.165) is 45.0 Å². The third-order valence-corrected chi connectivity index (χ3v) is 5.29. The normalized spacial score (nSPS) is 20.2. The molecule has 5 heteroatoms. The van der Waals surface area contributed by atoms with Crippen LogP contribution in [0, 0.1) is 0 Å². The largest absolute Gasteiger partial charge is 0.497 e. The van der Waals surface area contributed by atoms with Crippen LogP contribution >= 0.6 is 0 Å². The zero-order valence-corrected chi connectivity index (χ0v) is 15.1. The SMILES string of the molecule is COc1cccc(C(=O)N2CCN(C3CCOc4ccccc43)CC2)c1. The van der Waals surface area contributed by atoms with Gasteiger partial charge < -0.3 is 14.4 Å². The molecule has 2 heterocycles. The Labute approximate surface area is 154 Å². The molecule has 0 radical (unpaired) electrons. The van der Waals surface area contributed by atoms with Gasteiger partial charge in [0.25, 0.3) is 5.91 Å². The van der Waals surface area contributed by atoms with Crippen LogP contribution in [0.2, 0.25) is 0 Å². The first-order valence-corrected chi connectivity index (χ1v) is 9.15. The molecule has 0 spiro atoms. The molecule has 0 bridgehead atoms. The highest BCUT2D eigenvalue weighted by Gasteiger charge is 2.30. The lowest BCUT2D eigenvalue weighted by Gasteiger charge is -2.41. The third kappa shape index (κ3) is 3.27. The molecule has 1 unspecified atom stereocenters. The number of piperazine rings is 1. The number of rotatable bonds is 3. The zero-order valence-electron chi connectivity index (χ0n) is 15.1. The minimum atomic E-state index is 0.0796. The Morgan fingerprint density at radius 2 is 1.88 bits per heavy atom. The molecule has 2 aromatic carbocycles. The highest BCUT2D eigenvalue weighted by molar-refractivity contribution is 5.94. The summed E-state index contributed by atoms with van der Waals surface area (Å²) in [6, 6.07) is 16.1. The van der Waals surface area contributed by atoms with Crippen molar-refractivity contribution < 1.29 is 14.3 Å². The molecular formula is C21H24N2O3. The van der Waals surface area contributed by atoms with Crippen molar-refractivity contribution in [3.05, 3.63) is 59.7 Å². The molecule has 0 aromatic heterocycles. The van der Waals surface area contributed by atoms with Crippen LogP contribution in [-0.2, 0) is 0 Å². The molecule has 2 aliphatic rings. The lowest BCUT2D eigenvalue weighted by molar-refractivity contribution is 0.0510. The van der Waals surface area contributed by atoms with Crippen LogP contribution in [0.4, 0.5) is 0 Å². The molecule has 26 heavy (non-hydrogen) atoms. The van der Waals surface area contributed by atoms with Crippen LogP contribution in [-0.4, -0.2) is 55.6 Å². The number of methoxy groups -OCH3 is 1. The summed E-state index contributed by atoms with van der Waals surface area (Å²) in [4.78, 5) is 17.2. The smallest absolute Gasteiger partial charge is 0.254 e. The standard InChI is InChI=1S/C21H24N2O3/c1-25-17-6-4-5-16(15-17)21(24)23-12-10-22(11-13-23)19-9-14-26-20-8-3-2-7-18(19)20/h2-8,15,19H,9-14H2,1H3. The first-order chi connectivity index (χ1) is 12.8. The Morgan fingerprint density at radius 3 is 2.69 bits per heavy atom. The lowest BCUT2D eigenvalue weighted by atomic mass is 9.98. The number of benzene rings is 2. The van der Waals surface area contributed by atoms with Crippen molar-refractivity contribution in [2.75, 3.05) is 39.9 Å². The van der Waals surface area contributed by atoms with Gasteiger partial charge in [-0.25, -0.2) is 0 Å². The van der Waals surface area contributed by atoms with E-state index < -0.39 is 0 Å². The Morgan fingerprint density at radius 1 is 1.08 bits per heavy atom. The maximum Gasteiger partial charge on any atom is 0.254 e. The van der Waals surface area contributed by atoms with Crippen LogP contribution in [0.5, 0.6) is 11.5 Å². The number of para-hydroxylation sites is 1. The molecule has 0 aliphatic carbocycles. The van der Waals surface area contributed by atoms with Crippen molar-refractivity contribution in [3.8, 4) is 11.5 Å².